The van der Waals surface area contributed by atoms with Gasteiger partial charge in [-0.05, 0) is 30.6 Å². The van der Waals surface area contributed by atoms with E-state index in [4.69, 9.17) is 5.21 Å². The van der Waals surface area contributed by atoms with Crippen LogP contribution in [0.1, 0.15) is 33.1 Å². The lowest BCUT2D eigenvalue weighted by molar-refractivity contribution is -0.000989. The van der Waals surface area contributed by atoms with Crippen molar-refractivity contribution in [1.29, 1.82) is 0 Å². The summed E-state index contributed by atoms with van der Waals surface area (Å²) in [5, 5.41) is 12.1. The van der Waals surface area contributed by atoms with Crippen molar-refractivity contribution in [3.05, 3.63) is 0 Å². The zero-order chi connectivity index (χ0) is 8.06. The highest BCUT2D eigenvalue weighted by Crippen LogP contribution is 2.57. The molecule has 2 nitrogen and oxygen atoms in total. The van der Waals surface area contributed by atoms with E-state index in [1.54, 1.807) is 0 Å². The molecule has 0 saturated heterocycles. The maximum Gasteiger partial charge on any atom is 0.0607 e. The lowest BCUT2D eigenvalue weighted by Crippen LogP contribution is -2.52. The SMILES string of the molecule is CC1(C)[C@H]2CC/C(=N\O)[C@@H]1C2. The highest BCUT2D eigenvalue weighted by atomic mass is 16.4. The summed E-state index contributed by atoms with van der Waals surface area (Å²) in [5.41, 5.74) is 1.46. The molecule has 3 aliphatic rings. The minimum Gasteiger partial charge on any atom is -0.411 e. The van der Waals surface area contributed by atoms with Gasteiger partial charge in [-0.3, -0.25) is 0 Å². The average molecular weight is 153 g/mol. The van der Waals surface area contributed by atoms with Crippen LogP contribution in [0.3, 0.4) is 0 Å². The van der Waals surface area contributed by atoms with Gasteiger partial charge in [0, 0.05) is 5.92 Å². The fraction of sp³-hybridized carbons (Fsp3) is 0.889. The van der Waals surface area contributed by atoms with Crippen LogP contribution in [-0.2, 0) is 0 Å². The summed E-state index contributed by atoms with van der Waals surface area (Å²) < 4.78 is 0. The molecule has 0 radical (unpaired) electrons. The lowest BCUT2D eigenvalue weighted by atomic mass is 9.48. The van der Waals surface area contributed by atoms with E-state index >= 15 is 0 Å². The summed E-state index contributed by atoms with van der Waals surface area (Å²) in [4.78, 5) is 0. The first kappa shape index (κ1) is 7.14. The van der Waals surface area contributed by atoms with Crippen LogP contribution in [0.25, 0.3) is 0 Å². The molecular formula is C9H15NO. The van der Waals surface area contributed by atoms with Gasteiger partial charge in [0.05, 0.1) is 5.71 Å². The van der Waals surface area contributed by atoms with Crippen molar-refractivity contribution in [2.75, 3.05) is 0 Å². The van der Waals surface area contributed by atoms with Crippen molar-refractivity contribution in [3.63, 3.8) is 0 Å². The van der Waals surface area contributed by atoms with E-state index in [-0.39, 0.29) is 0 Å². The first-order valence-electron chi connectivity index (χ1n) is 4.37. The predicted octanol–water partition coefficient (Wildman–Crippen LogP) is 2.27. The van der Waals surface area contributed by atoms with E-state index in [0.717, 1.165) is 18.1 Å². The van der Waals surface area contributed by atoms with Crippen LogP contribution in [0, 0.1) is 17.3 Å². The van der Waals surface area contributed by atoms with Gasteiger partial charge in [0.15, 0.2) is 0 Å². The normalized spacial score (nSPS) is 43.6. The highest BCUT2D eigenvalue weighted by molar-refractivity contribution is 5.89. The van der Waals surface area contributed by atoms with E-state index in [9.17, 15) is 0 Å². The third-order valence-corrected chi connectivity index (χ3v) is 3.75. The Bertz CT molecular complexity index is 206. The second-order valence-electron chi connectivity index (χ2n) is 4.44. The number of hydrogen-bond acceptors (Lipinski definition) is 2. The first-order chi connectivity index (χ1) is 5.16. The summed E-state index contributed by atoms with van der Waals surface area (Å²) in [6, 6.07) is 0. The summed E-state index contributed by atoms with van der Waals surface area (Å²) in [6.45, 7) is 4.58. The molecule has 0 spiro atoms. The van der Waals surface area contributed by atoms with Gasteiger partial charge < -0.3 is 5.21 Å². The minimum atomic E-state index is 0.416. The standard InChI is InChI=1S/C9H15NO/c1-9(2)6-3-4-8(10-11)7(9)5-6/h6-7,11H,3-5H2,1-2H3/b10-8+/t6-,7-/m0/s1. The molecule has 1 N–H and O–H groups in total. The third-order valence-electron chi connectivity index (χ3n) is 3.75. The number of hydrogen-bond donors (Lipinski definition) is 1. The second-order valence-corrected chi connectivity index (χ2v) is 4.44. The minimum absolute atomic E-state index is 0.416. The number of rotatable bonds is 0. The van der Waals surface area contributed by atoms with Gasteiger partial charge in [-0.2, -0.15) is 0 Å². The Morgan fingerprint density at radius 2 is 2.27 bits per heavy atom. The van der Waals surface area contributed by atoms with Gasteiger partial charge in [0.2, 0.25) is 0 Å². The molecule has 2 atom stereocenters. The summed E-state index contributed by atoms with van der Waals surface area (Å²) in [5.74, 6) is 1.46. The van der Waals surface area contributed by atoms with Crippen molar-refractivity contribution >= 4 is 5.71 Å². The summed E-state index contributed by atoms with van der Waals surface area (Å²) >= 11 is 0. The predicted molar refractivity (Wildman–Crippen MR) is 43.8 cm³/mol. The molecule has 2 bridgehead atoms. The van der Waals surface area contributed by atoms with Gasteiger partial charge in [0.1, 0.15) is 0 Å². The molecule has 0 aliphatic heterocycles. The van der Waals surface area contributed by atoms with Gasteiger partial charge in [-0.25, -0.2) is 0 Å². The van der Waals surface area contributed by atoms with Crippen LogP contribution in [0.2, 0.25) is 0 Å². The van der Waals surface area contributed by atoms with E-state index in [1.165, 1.54) is 12.8 Å². The van der Waals surface area contributed by atoms with E-state index in [1.807, 2.05) is 0 Å². The van der Waals surface area contributed by atoms with Crippen molar-refractivity contribution in [3.8, 4) is 0 Å². The topological polar surface area (TPSA) is 32.6 Å². The van der Waals surface area contributed by atoms with Gasteiger partial charge >= 0.3 is 0 Å². The monoisotopic (exact) mass is 153 g/mol. The second kappa shape index (κ2) is 1.99. The molecule has 62 valence electrons. The van der Waals surface area contributed by atoms with E-state index < -0.39 is 0 Å². The molecule has 0 heterocycles. The molecule has 3 rings (SSSR count). The zero-order valence-corrected chi connectivity index (χ0v) is 7.17. The fourth-order valence-corrected chi connectivity index (χ4v) is 2.69. The highest BCUT2D eigenvalue weighted by Gasteiger charge is 2.53. The molecule has 3 saturated carbocycles. The van der Waals surface area contributed by atoms with Gasteiger partial charge in [-0.1, -0.05) is 19.0 Å². The lowest BCUT2D eigenvalue weighted by Gasteiger charge is -2.56. The van der Waals surface area contributed by atoms with Crippen molar-refractivity contribution in [2.24, 2.45) is 22.4 Å². The van der Waals surface area contributed by atoms with Crippen molar-refractivity contribution in [2.45, 2.75) is 33.1 Å². The maximum absolute atomic E-state index is 8.71. The average Bonchev–Trinajstić information content (AvgIpc) is 2.04. The quantitative estimate of drug-likeness (QED) is 0.420. The molecule has 0 aromatic heterocycles. The Hall–Kier alpha value is -0.530. The number of nitrogens with zero attached hydrogens (tertiary/aromatic N) is 1. The molecule has 11 heavy (non-hydrogen) atoms. The maximum atomic E-state index is 8.71. The molecule has 0 amide bonds. The van der Waals surface area contributed by atoms with Crippen molar-refractivity contribution < 1.29 is 5.21 Å². The van der Waals surface area contributed by atoms with Crippen LogP contribution in [0.15, 0.2) is 5.16 Å². The molecule has 2 heteroatoms. The Morgan fingerprint density at radius 1 is 1.55 bits per heavy atom. The Kier molecular flexibility index (Phi) is 1.29. The van der Waals surface area contributed by atoms with E-state index in [2.05, 4.69) is 19.0 Å². The van der Waals surface area contributed by atoms with Crippen molar-refractivity contribution in [1.82, 2.24) is 0 Å². The van der Waals surface area contributed by atoms with E-state index in [0.29, 0.717) is 11.3 Å². The Labute approximate surface area is 67.3 Å². The smallest absolute Gasteiger partial charge is 0.0607 e. The molecular weight excluding hydrogens is 138 g/mol. The fourth-order valence-electron chi connectivity index (χ4n) is 2.69. The molecule has 3 aliphatic carbocycles. The largest absolute Gasteiger partial charge is 0.411 e. The molecule has 0 unspecified atom stereocenters. The number of fused-ring (bicyclic) bond motifs is 2. The van der Waals surface area contributed by atoms with Crippen LogP contribution in [0.4, 0.5) is 0 Å². The molecule has 0 aromatic carbocycles. The Balaban J connectivity index is 2.23. The zero-order valence-electron chi connectivity index (χ0n) is 7.17. The van der Waals surface area contributed by atoms with Gasteiger partial charge in [-0.15, -0.1) is 0 Å². The third kappa shape index (κ3) is 0.754. The Morgan fingerprint density at radius 3 is 2.64 bits per heavy atom. The van der Waals surface area contributed by atoms with Crippen LogP contribution in [-0.4, -0.2) is 10.9 Å². The molecule has 3 fully saturated rings. The summed E-state index contributed by atoms with van der Waals surface area (Å²) in [6.07, 6.45) is 3.50. The van der Waals surface area contributed by atoms with Crippen LogP contribution in [0.5, 0.6) is 0 Å². The molecule has 0 aromatic rings. The van der Waals surface area contributed by atoms with Crippen LogP contribution < -0.4 is 0 Å². The first-order valence-corrected chi connectivity index (χ1v) is 4.37. The van der Waals surface area contributed by atoms with Gasteiger partial charge in [0.25, 0.3) is 0 Å². The number of oxime groups is 1. The van der Waals surface area contributed by atoms with Crippen LogP contribution >= 0.6 is 0 Å². The summed E-state index contributed by atoms with van der Waals surface area (Å²) in [7, 11) is 0.